The SMILES string of the molecule is CCC1CCCCN1N1CC(C)CC(C)C1. The summed E-state index contributed by atoms with van der Waals surface area (Å²) in [5, 5.41) is 5.38. The van der Waals surface area contributed by atoms with Gasteiger partial charge in [0, 0.05) is 25.7 Å². The molecule has 3 unspecified atom stereocenters. The molecule has 2 aliphatic rings. The van der Waals surface area contributed by atoms with Gasteiger partial charge in [-0.1, -0.05) is 27.2 Å². The van der Waals surface area contributed by atoms with Gasteiger partial charge < -0.3 is 0 Å². The van der Waals surface area contributed by atoms with Gasteiger partial charge in [-0.15, -0.1) is 0 Å². The van der Waals surface area contributed by atoms with Gasteiger partial charge in [-0.2, -0.15) is 0 Å². The second kappa shape index (κ2) is 5.50. The zero-order valence-corrected chi connectivity index (χ0v) is 11.3. The van der Waals surface area contributed by atoms with E-state index < -0.39 is 0 Å². The first kappa shape index (κ1) is 12.4. The van der Waals surface area contributed by atoms with Crippen molar-refractivity contribution in [3.63, 3.8) is 0 Å². The predicted molar refractivity (Wildman–Crippen MR) is 69.2 cm³/mol. The van der Waals surface area contributed by atoms with E-state index >= 15 is 0 Å². The van der Waals surface area contributed by atoms with Crippen LogP contribution in [-0.2, 0) is 0 Å². The summed E-state index contributed by atoms with van der Waals surface area (Å²) in [4.78, 5) is 0. The van der Waals surface area contributed by atoms with Gasteiger partial charge in [0.1, 0.15) is 0 Å². The van der Waals surface area contributed by atoms with Crippen molar-refractivity contribution in [2.24, 2.45) is 11.8 Å². The van der Waals surface area contributed by atoms with Crippen molar-refractivity contribution < 1.29 is 0 Å². The smallest absolute Gasteiger partial charge is 0.0243 e. The minimum Gasteiger partial charge on any atom is -0.241 e. The summed E-state index contributed by atoms with van der Waals surface area (Å²) < 4.78 is 0. The normalized spacial score (nSPS) is 38.8. The van der Waals surface area contributed by atoms with Crippen LogP contribution < -0.4 is 0 Å². The first-order chi connectivity index (χ1) is 7.70. The first-order valence-electron chi connectivity index (χ1n) is 7.22. The van der Waals surface area contributed by atoms with E-state index in [1.807, 2.05) is 0 Å². The van der Waals surface area contributed by atoms with Crippen molar-refractivity contribution in [1.29, 1.82) is 0 Å². The molecular formula is C14H28N2. The van der Waals surface area contributed by atoms with E-state index in [9.17, 15) is 0 Å². The molecule has 3 atom stereocenters. The highest BCUT2D eigenvalue weighted by molar-refractivity contribution is 4.79. The quantitative estimate of drug-likeness (QED) is 0.711. The third kappa shape index (κ3) is 2.78. The first-order valence-corrected chi connectivity index (χ1v) is 7.22. The van der Waals surface area contributed by atoms with Crippen LogP contribution in [0.2, 0.25) is 0 Å². The van der Waals surface area contributed by atoms with E-state index in [0.29, 0.717) is 0 Å². The Hall–Kier alpha value is -0.0800. The van der Waals surface area contributed by atoms with Crippen LogP contribution in [0.3, 0.4) is 0 Å². The lowest BCUT2D eigenvalue weighted by Crippen LogP contribution is -2.55. The molecule has 0 aromatic carbocycles. The molecule has 0 saturated carbocycles. The Labute approximate surface area is 101 Å². The second-order valence-electron chi connectivity index (χ2n) is 6.04. The Morgan fingerprint density at radius 2 is 1.75 bits per heavy atom. The number of hydrazine groups is 1. The predicted octanol–water partition coefficient (Wildman–Crippen LogP) is 3.14. The summed E-state index contributed by atoms with van der Waals surface area (Å²) in [7, 11) is 0. The van der Waals surface area contributed by atoms with E-state index in [1.54, 1.807) is 0 Å². The zero-order chi connectivity index (χ0) is 11.5. The van der Waals surface area contributed by atoms with Crippen molar-refractivity contribution in [2.75, 3.05) is 19.6 Å². The second-order valence-corrected chi connectivity index (χ2v) is 6.04. The maximum atomic E-state index is 2.70. The molecule has 2 rings (SSSR count). The Kier molecular flexibility index (Phi) is 4.26. The molecule has 0 spiro atoms. The summed E-state index contributed by atoms with van der Waals surface area (Å²) >= 11 is 0. The van der Waals surface area contributed by atoms with Crippen molar-refractivity contribution >= 4 is 0 Å². The maximum Gasteiger partial charge on any atom is 0.0243 e. The molecule has 0 radical (unpaired) electrons. The van der Waals surface area contributed by atoms with Gasteiger partial charge >= 0.3 is 0 Å². The zero-order valence-electron chi connectivity index (χ0n) is 11.3. The summed E-state index contributed by atoms with van der Waals surface area (Å²) in [5.41, 5.74) is 0. The van der Waals surface area contributed by atoms with Gasteiger partial charge in [0.15, 0.2) is 0 Å². The van der Waals surface area contributed by atoms with Gasteiger partial charge in [-0.05, 0) is 37.5 Å². The van der Waals surface area contributed by atoms with E-state index in [2.05, 4.69) is 30.8 Å². The van der Waals surface area contributed by atoms with E-state index in [0.717, 1.165) is 17.9 Å². The molecule has 0 aromatic heterocycles. The lowest BCUT2D eigenvalue weighted by molar-refractivity contribution is -0.110. The Morgan fingerprint density at radius 3 is 2.38 bits per heavy atom. The van der Waals surface area contributed by atoms with Crippen molar-refractivity contribution in [1.82, 2.24) is 10.0 Å². The van der Waals surface area contributed by atoms with Crippen LogP contribution in [0.1, 0.15) is 52.9 Å². The molecule has 94 valence electrons. The van der Waals surface area contributed by atoms with Crippen LogP contribution in [0.4, 0.5) is 0 Å². The Morgan fingerprint density at radius 1 is 1.06 bits per heavy atom. The van der Waals surface area contributed by atoms with Crippen molar-refractivity contribution in [3.8, 4) is 0 Å². The fourth-order valence-electron chi connectivity index (χ4n) is 3.61. The maximum absolute atomic E-state index is 2.70. The summed E-state index contributed by atoms with van der Waals surface area (Å²) in [6, 6.07) is 0.825. The van der Waals surface area contributed by atoms with Gasteiger partial charge in [-0.3, -0.25) is 0 Å². The fourth-order valence-corrected chi connectivity index (χ4v) is 3.61. The van der Waals surface area contributed by atoms with Gasteiger partial charge in [0.25, 0.3) is 0 Å². The highest BCUT2D eigenvalue weighted by Crippen LogP contribution is 2.27. The van der Waals surface area contributed by atoms with Crippen LogP contribution in [0, 0.1) is 11.8 Å². The van der Waals surface area contributed by atoms with Gasteiger partial charge in [0.2, 0.25) is 0 Å². The van der Waals surface area contributed by atoms with Gasteiger partial charge in [-0.25, -0.2) is 10.0 Å². The molecule has 0 bridgehead atoms. The monoisotopic (exact) mass is 224 g/mol. The number of nitrogens with zero attached hydrogens (tertiary/aromatic N) is 2. The molecule has 2 saturated heterocycles. The van der Waals surface area contributed by atoms with Crippen LogP contribution in [-0.4, -0.2) is 35.7 Å². The molecule has 2 nitrogen and oxygen atoms in total. The van der Waals surface area contributed by atoms with Gasteiger partial charge in [0.05, 0.1) is 0 Å². The minimum absolute atomic E-state index is 0.825. The van der Waals surface area contributed by atoms with E-state index in [4.69, 9.17) is 0 Å². The lowest BCUT2D eigenvalue weighted by atomic mass is 9.92. The number of rotatable bonds is 2. The molecule has 0 amide bonds. The van der Waals surface area contributed by atoms with Crippen LogP contribution in [0.15, 0.2) is 0 Å². The van der Waals surface area contributed by atoms with Crippen LogP contribution in [0.5, 0.6) is 0 Å². The minimum atomic E-state index is 0.825. The average Bonchev–Trinajstić information content (AvgIpc) is 2.27. The Balaban J connectivity index is 1.98. The highest BCUT2D eigenvalue weighted by Gasteiger charge is 2.30. The summed E-state index contributed by atoms with van der Waals surface area (Å²) in [5.74, 6) is 1.76. The fraction of sp³-hybridized carbons (Fsp3) is 1.00. The lowest BCUT2D eigenvalue weighted by Gasteiger charge is -2.47. The third-order valence-electron chi connectivity index (χ3n) is 4.28. The van der Waals surface area contributed by atoms with E-state index in [1.165, 1.54) is 51.7 Å². The molecule has 16 heavy (non-hydrogen) atoms. The average molecular weight is 224 g/mol. The molecule has 0 aromatic rings. The molecule has 2 heterocycles. The highest BCUT2D eigenvalue weighted by atomic mass is 15.6. The molecule has 0 N–H and O–H groups in total. The van der Waals surface area contributed by atoms with Crippen LogP contribution in [0.25, 0.3) is 0 Å². The molecule has 2 fully saturated rings. The third-order valence-corrected chi connectivity index (χ3v) is 4.28. The molecule has 2 heteroatoms. The standard InChI is InChI=1S/C14H28N2/c1-4-14-7-5-6-8-16(14)15-10-12(2)9-13(3)11-15/h12-14H,4-11H2,1-3H3. The number of hydrogen-bond donors (Lipinski definition) is 0. The Bertz CT molecular complexity index is 207. The number of piperidine rings is 2. The topological polar surface area (TPSA) is 6.48 Å². The molecule has 0 aliphatic carbocycles. The molecule has 2 aliphatic heterocycles. The molecular weight excluding hydrogens is 196 g/mol. The summed E-state index contributed by atoms with van der Waals surface area (Å²) in [6.07, 6.45) is 6.99. The number of hydrogen-bond acceptors (Lipinski definition) is 2. The van der Waals surface area contributed by atoms with Crippen molar-refractivity contribution in [2.45, 2.75) is 58.9 Å². The largest absolute Gasteiger partial charge is 0.241 e. The van der Waals surface area contributed by atoms with Crippen molar-refractivity contribution in [3.05, 3.63) is 0 Å². The summed E-state index contributed by atoms with van der Waals surface area (Å²) in [6.45, 7) is 11.1. The van der Waals surface area contributed by atoms with E-state index in [-0.39, 0.29) is 0 Å². The van der Waals surface area contributed by atoms with Crippen LogP contribution >= 0.6 is 0 Å².